The van der Waals surface area contributed by atoms with E-state index in [9.17, 15) is 9.59 Å². The molecule has 2 heterocycles. The fourth-order valence-corrected chi connectivity index (χ4v) is 3.36. The van der Waals surface area contributed by atoms with E-state index in [-0.39, 0.29) is 11.8 Å². The fraction of sp³-hybridized carbons (Fsp3) is 0.312. The van der Waals surface area contributed by atoms with Crippen molar-refractivity contribution in [2.45, 2.75) is 18.9 Å². The highest BCUT2D eigenvalue weighted by Gasteiger charge is 2.35. The molecule has 24 heavy (non-hydrogen) atoms. The van der Waals surface area contributed by atoms with Crippen molar-refractivity contribution in [3.8, 4) is 0 Å². The number of carbonyl (C=O) groups is 2. The third-order valence-electron chi connectivity index (χ3n) is 3.90. The Morgan fingerprint density at radius 3 is 2.58 bits per heavy atom. The van der Waals surface area contributed by atoms with E-state index in [0.717, 1.165) is 6.42 Å². The molecule has 3 rings (SSSR count). The number of nitrogens with one attached hydrogen (secondary N) is 1. The molecule has 0 aliphatic carbocycles. The third kappa shape index (κ3) is 3.55. The predicted octanol–water partition coefficient (Wildman–Crippen LogP) is 2.97. The zero-order chi connectivity index (χ0) is 17.3. The smallest absolute Gasteiger partial charge is 0.257 e. The molecule has 2 aromatic rings. The summed E-state index contributed by atoms with van der Waals surface area (Å²) in [6, 6.07) is 4.31. The molecule has 2 amide bonds. The van der Waals surface area contributed by atoms with Crippen LogP contribution in [-0.4, -0.2) is 39.1 Å². The number of aryl methyl sites for hydroxylation is 1. The largest absolute Gasteiger partial charge is 0.327 e. The summed E-state index contributed by atoms with van der Waals surface area (Å²) < 4.78 is 1.56. The van der Waals surface area contributed by atoms with Gasteiger partial charge in [0.05, 0.1) is 11.8 Å². The van der Waals surface area contributed by atoms with Crippen molar-refractivity contribution in [2.75, 3.05) is 11.9 Å². The summed E-state index contributed by atoms with van der Waals surface area (Å²) in [6.07, 6.45) is 4.55. The number of hydrogen-bond acceptors (Lipinski definition) is 3. The molecule has 1 N–H and O–H groups in total. The zero-order valence-corrected chi connectivity index (χ0v) is 14.5. The van der Waals surface area contributed by atoms with Crippen LogP contribution in [0.1, 0.15) is 23.2 Å². The summed E-state index contributed by atoms with van der Waals surface area (Å²) in [5, 5.41) is 7.66. The first-order valence-electron chi connectivity index (χ1n) is 7.50. The van der Waals surface area contributed by atoms with Crippen molar-refractivity contribution in [1.82, 2.24) is 14.7 Å². The summed E-state index contributed by atoms with van der Waals surface area (Å²) in [6.45, 7) is 0.544. The van der Waals surface area contributed by atoms with Crippen LogP contribution in [0.25, 0.3) is 0 Å². The van der Waals surface area contributed by atoms with Gasteiger partial charge in [-0.05, 0) is 31.0 Å². The van der Waals surface area contributed by atoms with Gasteiger partial charge in [0.25, 0.3) is 5.91 Å². The highest BCUT2D eigenvalue weighted by molar-refractivity contribution is 6.35. The molecule has 1 aromatic heterocycles. The molecule has 1 aliphatic heterocycles. The van der Waals surface area contributed by atoms with Crippen LogP contribution in [-0.2, 0) is 11.8 Å². The van der Waals surface area contributed by atoms with Gasteiger partial charge in [0, 0.05) is 35.5 Å². The number of carbonyl (C=O) groups excluding carboxylic acids is 2. The molecule has 1 unspecified atom stereocenters. The second-order valence-electron chi connectivity index (χ2n) is 5.71. The van der Waals surface area contributed by atoms with Gasteiger partial charge in [-0.1, -0.05) is 23.2 Å². The topological polar surface area (TPSA) is 67.2 Å². The van der Waals surface area contributed by atoms with Crippen LogP contribution in [0.4, 0.5) is 5.69 Å². The predicted molar refractivity (Wildman–Crippen MR) is 92.4 cm³/mol. The van der Waals surface area contributed by atoms with Gasteiger partial charge in [-0.15, -0.1) is 0 Å². The van der Waals surface area contributed by atoms with Crippen LogP contribution in [0.2, 0.25) is 10.0 Å². The Kier molecular flexibility index (Phi) is 4.78. The molecule has 0 spiro atoms. The van der Waals surface area contributed by atoms with Gasteiger partial charge in [-0.3, -0.25) is 14.3 Å². The van der Waals surface area contributed by atoms with E-state index in [1.165, 1.54) is 6.20 Å². The Hall–Kier alpha value is -2.05. The average molecular weight is 367 g/mol. The van der Waals surface area contributed by atoms with Crippen LogP contribution in [0, 0.1) is 0 Å². The lowest BCUT2D eigenvalue weighted by molar-refractivity contribution is -0.119. The van der Waals surface area contributed by atoms with Crippen molar-refractivity contribution >= 4 is 40.7 Å². The second kappa shape index (κ2) is 6.83. The molecule has 1 aliphatic rings. The van der Waals surface area contributed by atoms with E-state index in [4.69, 9.17) is 23.2 Å². The standard InChI is InChI=1S/C16H16Cl2N4O2/c1-21-9-10(8-19-21)16(24)22-4-2-3-14(22)15(23)20-13-6-11(17)5-12(18)7-13/h5-9,14H,2-4H2,1H3,(H,20,23). The lowest BCUT2D eigenvalue weighted by atomic mass is 10.2. The number of aromatic nitrogens is 2. The lowest BCUT2D eigenvalue weighted by Crippen LogP contribution is -2.43. The van der Waals surface area contributed by atoms with E-state index < -0.39 is 6.04 Å². The Bertz CT molecular complexity index is 770. The number of rotatable bonds is 3. The maximum atomic E-state index is 12.6. The minimum atomic E-state index is -0.518. The highest BCUT2D eigenvalue weighted by atomic mass is 35.5. The van der Waals surface area contributed by atoms with Crippen molar-refractivity contribution in [1.29, 1.82) is 0 Å². The molecule has 0 bridgehead atoms. The summed E-state index contributed by atoms with van der Waals surface area (Å²) in [5.74, 6) is -0.437. The lowest BCUT2D eigenvalue weighted by Gasteiger charge is -2.23. The van der Waals surface area contributed by atoms with Gasteiger partial charge in [-0.2, -0.15) is 5.10 Å². The summed E-state index contributed by atoms with van der Waals surface area (Å²) >= 11 is 11.9. The maximum absolute atomic E-state index is 12.6. The minimum Gasteiger partial charge on any atom is -0.327 e. The number of benzene rings is 1. The summed E-state index contributed by atoms with van der Waals surface area (Å²) in [5.41, 5.74) is 0.987. The second-order valence-corrected chi connectivity index (χ2v) is 6.58. The van der Waals surface area contributed by atoms with Gasteiger partial charge in [0.15, 0.2) is 0 Å². The van der Waals surface area contributed by atoms with E-state index in [1.807, 2.05) is 0 Å². The highest BCUT2D eigenvalue weighted by Crippen LogP contribution is 2.25. The monoisotopic (exact) mass is 366 g/mol. The van der Waals surface area contributed by atoms with Gasteiger partial charge < -0.3 is 10.2 Å². The molecule has 0 radical (unpaired) electrons. The summed E-state index contributed by atoms with van der Waals surface area (Å²) in [4.78, 5) is 26.7. The fourth-order valence-electron chi connectivity index (χ4n) is 2.83. The molecule has 8 heteroatoms. The maximum Gasteiger partial charge on any atom is 0.257 e. The molecule has 1 aromatic carbocycles. The SMILES string of the molecule is Cn1cc(C(=O)N2CCCC2C(=O)Nc2cc(Cl)cc(Cl)c2)cn1. The summed E-state index contributed by atoms with van der Waals surface area (Å²) in [7, 11) is 1.74. The van der Waals surface area contributed by atoms with Crippen LogP contribution < -0.4 is 5.32 Å². The van der Waals surface area contributed by atoms with E-state index in [2.05, 4.69) is 10.4 Å². The number of anilines is 1. The molecule has 0 saturated carbocycles. The first-order chi connectivity index (χ1) is 11.4. The van der Waals surface area contributed by atoms with E-state index >= 15 is 0 Å². The van der Waals surface area contributed by atoms with Crippen molar-refractivity contribution in [3.63, 3.8) is 0 Å². The first-order valence-corrected chi connectivity index (χ1v) is 8.26. The Morgan fingerprint density at radius 2 is 1.96 bits per heavy atom. The number of likely N-dealkylation sites (tertiary alicyclic amines) is 1. The molecule has 1 fully saturated rings. The van der Waals surface area contributed by atoms with Gasteiger partial charge in [-0.25, -0.2) is 0 Å². The Balaban J connectivity index is 1.75. The molecule has 6 nitrogen and oxygen atoms in total. The molecular formula is C16H16Cl2N4O2. The Labute approximate surface area is 149 Å². The third-order valence-corrected chi connectivity index (χ3v) is 4.33. The number of nitrogens with zero attached hydrogens (tertiary/aromatic N) is 3. The average Bonchev–Trinajstić information content (AvgIpc) is 3.14. The van der Waals surface area contributed by atoms with Crippen molar-refractivity contribution in [3.05, 3.63) is 46.2 Å². The first kappa shape index (κ1) is 16.8. The zero-order valence-electron chi connectivity index (χ0n) is 13.0. The molecule has 126 valence electrons. The number of amides is 2. The number of hydrogen-bond donors (Lipinski definition) is 1. The van der Waals surface area contributed by atoms with Crippen LogP contribution in [0.15, 0.2) is 30.6 Å². The van der Waals surface area contributed by atoms with Crippen LogP contribution in [0.5, 0.6) is 0 Å². The van der Waals surface area contributed by atoms with Crippen molar-refractivity contribution in [2.24, 2.45) is 7.05 Å². The van der Waals surface area contributed by atoms with Gasteiger partial charge in [0.2, 0.25) is 5.91 Å². The Morgan fingerprint density at radius 1 is 1.25 bits per heavy atom. The quantitative estimate of drug-likeness (QED) is 0.907. The van der Waals surface area contributed by atoms with Gasteiger partial charge >= 0.3 is 0 Å². The molecule has 1 saturated heterocycles. The van der Waals surface area contributed by atoms with Crippen LogP contribution in [0.3, 0.4) is 0 Å². The molecule has 1 atom stereocenters. The van der Waals surface area contributed by atoms with E-state index in [0.29, 0.717) is 34.3 Å². The normalized spacial score (nSPS) is 17.1. The van der Waals surface area contributed by atoms with Crippen molar-refractivity contribution < 1.29 is 9.59 Å². The molecular weight excluding hydrogens is 351 g/mol. The number of halogens is 2. The van der Waals surface area contributed by atoms with Gasteiger partial charge in [0.1, 0.15) is 6.04 Å². The van der Waals surface area contributed by atoms with E-state index in [1.54, 1.807) is 41.0 Å². The minimum absolute atomic E-state index is 0.190. The van der Waals surface area contributed by atoms with Crippen LogP contribution >= 0.6 is 23.2 Å².